The number of benzene rings is 1. The molecular weight excluding hydrogens is 336 g/mol. The third-order valence-electron chi connectivity index (χ3n) is 4.20. The van der Waals surface area contributed by atoms with E-state index in [0.29, 0.717) is 13.0 Å². The van der Waals surface area contributed by atoms with Gasteiger partial charge in [-0.3, -0.25) is 4.79 Å². The van der Waals surface area contributed by atoms with Gasteiger partial charge in [0.25, 0.3) is 0 Å². The lowest BCUT2D eigenvalue weighted by atomic mass is 9.96. The molecule has 6 heteroatoms. The van der Waals surface area contributed by atoms with Crippen LogP contribution < -0.4 is 11.1 Å². The zero-order valence-electron chi connectivity index (χ0n) is 15.1. The molecule has 5 nitrogen and oxygen atoms in total. The number of amides is 1. The third kappa shape index (κ3) is 6.52. The highest BCUT2D eigenvalue weighted by Gasteiger charge is 2.26. The Morgan fingerprint density at radius 1 is 1.32 bits per heavy atom. The van der Waals surface area contributed by atoms with Crippen molar-refractivity contribution in [3.05, 3.63) is 54.1 Å². The van der Waals surface area contributed by atoms with E-state index in [9.17, 15) is 4.79 Å². The minimum Gasteiger partial charge on any atom is -0.347 e. The highest BCUT2D eigenvalue weighted by atomic mass is 35.5. The molecule has 1 atom stereocenters. The van der Waals surface area contributed by atoms with E-state index in [-0.39, 0.29) is 18.3 Å². The van der Waals surface area contributed by atoms with Gasteiger partial charge in [-0.1, -0.05) is 43.7 Å². The van der Waals surface area contributed by atoms with Crippen LogP contribution in [0.3, 0.4) is 0 Å². The summed E-state index contributed by atoms with van der Waals surface area (Å²) in [7, 11) is 0. The predicted octanol–water partition coefficient (Wildman–Crippen LogP) is 3.07. The molecule has 1 heterocycles. The van der Waals surface area contributed by atoms with Crippen LogP contribution in [-0.2, 0) is 24.3 Å². The van der Waals surface area contributed by atoms with Gasteiger partial charge in [-0.2, -0.15) is 0 Å². The standard InChI is InChI=1S/C19H28N4O.ClH/c1-3-11-19(2,20)18(24)22-15-17-21-12-14-23(17)13-7-10-16-8-5-4-6-9-16;/h4-6,8-9,12,14H,3,7,10-11,13,15,20H2,1-2H3,(H,22,24);1H. The van der Waals surface area contributed by atoms with Crippen molar-refractivity contribution in [3.63, 3.8) is 0 Å². The van der Waals surface area contributed by atoms with E-state index in [4.69, 9.17) is 5.73 Å². The van der Waals surface area contributed by atoms with Crippen LogP contribution in [0, 0.1) is 0 Å². The van der Waals surface area contributed by atoms with Crippen molar-refractivity contribution >= 4 is 18.3 Å². The average molecular weight is 365 g/mol. The van der Waals surface area contributed by atoms with Gasteiger partial charge in [0.15, 0.2) is 0 Å². The molecule has 1 unspecified atom stereocenters. The maximum atomic E-state index is 12.2. The Bertz CT molecular complexity index is 640. The molecule has 1 aromatic heterocycles. The molecular formula is C19H29ClN4O. The van der Waals surface area contributed by atoms with Crippen LogP contribution in [0.1, 0.15) is 44.5 Å². The number of halogens is 1. The monoisotopic (exact) mass is 364 g/mol. The molecule has 0 aliphatic heterocycles. The van der Waals surface area contributed by atoms with Crippen LogP contribution in [0.2, 0.25) is 0 Å². The van der Waals surface area contributed by atoms with Crippen LogP contribution in [0.5, 0.6) is 0 Å². The Labute approximate surface area is 156 Å². The molecule has 138 valence electrons. The van der Waals surface area contributed by atoms with E-state index in [0.717, 1.165) is 31.6 Å². The lowest BCUT2D eigenvalue weighted by Crippen LogP contribution is -2.51. The zero-order chi connectivity index (χ0) is 17.4. The fraction of sp³-hybridized carbons (Fsp3) is 0.474. The molecule has 0 fully saturated rings. The van der Waals surface area contributed by atoms with Crippen LogP contribution in [0.25, 0.3) is 0 Å². The number of imidazole rings is 1. The number of aryl methyl sites for hydroxylation is 2. The van der Waals surface area contributed by atoms with Crippen LogP contribution in [0.4, 0.5) is 0 Å². The van der Waals surface area contributed by atoms with Gasteiger partial charge in [0.05, 0.1) is 12.1 Å². The molecule has 25 heavy (non-hydrogen) atoms. The van der Waals surface area contributed by atoms with Crippen molar-refractivity contribution in [2.45, 2.75) is 58.2 Å². The Morgan fingerprint density at radius 2 is 2.04 bits per heavy atom. The van der Waals surface area contributed by atoms with Crippen molar-refractivity contribution < 1.29 is 4.79 Å². The van der Waals surface area contributed by atoms with Gasteiger partial charge in [0.2, 0.25) is 5.91 Å². The van der Waals surface area contributed by atoms with Crippen molar-refractivity contribution in [1.29, 1.82) is 0 Å². The first-order chi connectivity index (χ1) is 11.5. The second kappa shape index (κ2) is 10.2. The Kier molecular flexibility index (Phi) is 8.66. The fourth-order valence-electron chi connectivity index (χ4n) is 2.80. The molecule has 0 aliphatic carbocycles. The Balaban J connectivity index is 0.00000312. The SMILES string of the molecule is CCCC(C)(N)C(=O)NCc1nccn1CCCc1ccccc1.Cl. The normalized spacial score (nSPS) is 12.9. The van der Waals surface area contributed by atoms with Gasteiger partial charge in [-0.05, 0) is 31.7 Å². The largest absolute Gasteiger partial charge is 0.347 e. The van der Waals surface area contributed by atoms with Crippen molar-refractivity contribution in [2.24, 2.45) is 5.73 Å². The molecule has 2 aromatic rings. The number of nitrogens with one attached hydrogen (secondary N) is 1. The van der Waals surface area contributed by atoms with Crippen molar-refractivity contribution in [2.75, 3.05) is 0 Å². The summed E-state index contributed by atoms with van der Waals surface area (Å²) in [6.07, 6.45) is 7.35. The van der Waals surface area contributed by atoms with Crippen LogP contribution in [-0.4, -0.2) is 21.0 Å². The predicted molar refractivity (Wildman–Crippen MR) is 104 cm³/mol. The minimum absolute atomic E-state index is 0. The molecule has 0 spiro atoms. The maximum absolute atomic E-state index is 12.2. The lowest BCUT2D eigenvalue weighted by molar-refractivity contribution is -0.126. The number of rotatable bonds is 9. The Morgan fingerprint density at radius 3 is 2.72 bits per heavy atom. The minimum atomic E-state index is -0.820. The van der Waals surface area contributed by atoms with Gasteiger partial charge in [0.1, 0.15) is 5.82 Å². The highest BCUT2D eigenvalue weighted by Crippen LogP contribution is 2.09. The summed E-state index contributed by atoms with van der Waals surface area (Å²) in [4.78, 5) is 16.5. The molecule has 2 rings (SSSR count). The van der Waals surface area contributed by atoms with Gasteiger partial charge < -0.3 is 15.6 Å². The number of carbonyl (C=O) groups is 1. The van der Waals surface area contributed by atoms with Gasteiger partial charge in [-0.15, -0.1) is 12.4 Å². The van der Waals surface area contributed by atoms with Crippen molar-refractivity contribution in [3.8, 4) is 0 Å². The smallest absolute Gasteiger partial charge is 0.240 e. The van der Waals surface area contributed by atoms with E-state index in [1.54, 1.807) is 13.1 Å². The molecule has 0 saturated carbocycles. The summed E-state index contributed by atoms with van der Waals surface area (Å²) >= 11 is 0. The third-order valence-corrected chi connectivity index (χ3v) is 4.20. The lowest BCUT2D eigenvalue weighted by Gasteiger charge is -2.22. The number of hydrogen-bond donors (Lipinski definition) is 2. The molecule has 0 bridgehead atoms. The summed E-state index contributed by atoms with van der Waals surface area (Å²) in [5, 5.41) is 2.91. The number of nitrogens with two attached hydrogens (primary N) is 1. The summed E-state index contributed by atoms with van der Waals surface area (Å²) in [5.74, 6) is 0.742. The Hall–Kier alpha value is -1.85. The molecule has 0 saturated heterocycles. The number of carbonyl (C=O) groups excluding carboxylic acids is 1. The van der Waals surface area contributed by atoms with Gasteiger partial charge >= 0.3 is 0 Å². The number of nitrogens with zero attached hydrogens (tertiary/aromatic N) is 2. The second-order valence-corrected chi connectivity index (χ2v) is 6.48. The van der Waals surface area contributed by atoms with Crippen molar-refractivity contribution in [1.82, 2.24) is 14.9 Å². The molecule has 3 N–H and O–H groups in total. The van der Waals surface area contributed by atoms with Gasteiger partial charge in [0, 0.05) is 18.9 Å². The molecule has 0 radical (unpaired) electrons. The summed E-state index contributed by atoms with van der Waals surface area (Å²) < 4.78 is 2.09. The highest BCUT2D eigenvalue weighted by molar-refractivity contribution is 5.85. The molecule has 1 amide bonds. The van der Waals surface area contributed by atoms with Crippen LogP contribution in [0.15, 0.2) is 42.7 Å². The van der Waals surface area contributed by atoms with E-state index in [1.807, 2.05) is 19.2 Å². The second-order valence-electron chi connectivity index (χ2n) is 6.48. The quantitative estimate of drug-likeness (QED) is 0.718. The summed E-state index contributed by atoms with van der Waals surface area (Å²) in [6, 6.07) is 10.4. The summed E-state index contributed by atoms with van der Waals surface area (Å²) in [6.45, 7) is 5.10. The average Bonchev–Trinajstić information content (AvgIpc) is 3.01. The van der Waals surface area contributed by atoms with E-state index in [2.05, 4.69) is 39.1 Å². The number of aromatic nitrogens is 2. The first-order valence-corrected chi connectivity index (χ1v) is 8.64. The first kappa shape index (κ1) is 21.2. The van der Waals surface area contributed by atoms with Gasteiger partial charge in [-0.25, -0.2) is 4.98 Å². The van der Waals surface area contributed by atoms with E-state index in [1.165, 1.54) is 5.56 Å². The maximum Gasteiger partial charge on any atom is 0.240 e. The van der Waals surface area contributed by atoms with E-state index < -0.39 is 5.54 Å². The topological polar surface area (TPSA) is 72.9 Å². The first-order valence-electron chi connectivity index (χ1n) is 8.64. The van der Waals surface area contributed by atoms with E-state index >= 15 is 0 Å². The molecule has 0 aliphatic rings. The number of hydrogen-bond acceptors (Lipinski definition) is 3. The fourth-order valence-corrected chi connectivity index (χ4v) is 2.80. The summed E-state index contributed by atoms with van der Waals surface area (Å²) in [5.41, 5.74) is 6.57. The zero-order valence-corrected chi connectivity index (χ0v) is 15.9. The molecule has 1 aromatic carbocycles. The van der Waals surface area contributed by atoms with Crippen LogP contribution >= 0.6 is 12.4 Å².